The van der Waals surface area contributed by atoms with E-state index in [1.54, 1.807) is 12.1 Å². The van der Waals surface area contributed by atoms with Crippen LogP contribution in [-0.2, 0) is 4.79 Å². The molecule has 1 aliphatic rings. The van der Waals surface area contributed by atoms with Crippen molar-refractivity contribution in [3.63, 3.8) is 0 Å². The number of hydrogen-bond acceptors (Lipinski definition) is 4. The molecule has 0 aliphatic carbocycles. The van der Waals surface area contributed by atoms with E-state index in [1.807, 2.05) is 30.3 Å². The van der Waals surface area contributed by atoms with Gasteiger partial charge in [0.2, 0.25) is 5.91 Å². The third-order valence-electron chi connectivity index (χ3n) is 3.99. The lowest BCUT2D eigenvalue weighted by atomic mass is 9.86. The van der Waals surface area contributed by atoms with Gasteiger partial charge in [0.25, 0.3) is 0 Å². The molecule has 0 unspecified atom stereocenters. The summed E-state index contributed by atoms with van der Waals surface area (Å²) in [5.74, 6) is -0.472. The molecule has 1 atom stereocenters. The summed E-state index contributed by atoms with van der Waals surface area (Å²) in [4.78, 5) is 25.5. The number of halogens is 1. The SMILES string of the molecule is O=C1C[C@@H](C(=O)c2ccc(Cl)s2)c2c(n[nH]c2-c2ccccc2)N1. The summed E-state index contributed by atoms with van der Waals surface area (Å²) >= 11 is 7.17. The number of fused-ring (bicyclic) bond motifs is 1. The van der Waals surface area contributed by atoms with Gasteiger partial charge in [0.05, 0.1) is 20.8 Å². The molecular weight excluding hydrogens is 346 g/mol. The Morgan fingerprint density at radius 2 is 2.00 bits per heavy atom. The predicted octanol–water partition coefficient (Wildman–Crippen LogP) is 4.10. The van der Waals surface area contributed by atoms with Crippen molar-refractivity contribution in [1.82, 2.24) is 10.2 Å². The average Bonchev–Trinajstić information content (AvgIpc) is 3.20. The molecule has 24 heavy (non-hydrogen) atoms. The molecule has 2 aromatic heterocycles. The molecule has 2 N–H and O–H groups in total. The van der Waals surface area contributed by atoms with Gasteiger partial charge in [0.1, 0.15) is 0 Å². The number of aromatic amines is 1. The highest BCUT2D eigenvalue weighted by Crippen LogP contribution is 2.40. The highest BCUT2D eigenvalue weighted by molar-refractivity contribution is 7.18. The Hall–Kier alpha value is -2.44. The molecule has 1 amide bonds. The Balaban J connectivity index is 1.82. The first kappa shape index (κ1) is 15.1. The normalized spacial score (nSPS) is 16.5. The molecule has 0 saturated heterocycles. The molecule has 3 aromatic rings. The smallest absolute Gasteiger partial charge is 0.226 e. The van der Waals surface area contributed by atoms with Gasteiger partial charge in [-0.05, 0) is 17.7 Å². The molecule has 0 spiro atoms. The van der Waals surface area contributed by atoms with Crippen molar-refractivity contribution in [3.8, 4) is 11.3 Å². The van der Waals surface area contributed by atoms with E-state index >= 15 is 0 Å². The van der Waals surface area contributed by atoms with Crippen molar-refractivity contribution in [2.45, 2.75) is 12.3 Å². The number of amides is 1. The molecule has 1 aliphatic heterocycles. The molecule has 0 bridgehead atoms. The maximum absolute atomic E-state index is 12.9. The fourth-order valence-electron chi connectivity index (χ4n) is 2.92. The molecule has 3 heterocycles. The van der Waals surface area contributed by atoms with Crippen molar-refractivity contribution in [2.24, 2.45) is 0 Å². The van der Waals surface area contributed by atoms with Gasteiger partial charge >= 0.3 is 0 Å². The first-order chi connectivity index (χ1) is 11.6. The third kappa shape index (κ3) is 2.53. The second kappa shape index (κ2) is 5.89. The number of carbonyl (C=O) groups excluding carboxylic acids is 2. The van der Waals surface area contributed by atoms with Crippen LogP contribution in [0.15, 0.2) is 42.5 Å². The zero-order valence-corrected chi connectivity index (χ0v) is 13.9. The Kier molecular flexibility index (Phi) is 3.70. The molecule has 120 valence electrons. The number of benzene rings is 1. The van der Waals surface area contributed by atoms with Crippen molar-refractivity contribution in [2.75, 3.05) is 5.32 Å². The molecule has 7 heteroatoms. The number of aromatic nitrogens is 2. The van der Waals surface area contributed by atoms with Crippen LogP contribution in [0.3, 0.4) is 0 Å². The highest BCUT2D eigenvalue weighted by atomic mass is 35.5. The molecule has 1 aromatic carbocycles. The van der Waals surface area contributed by atoms with Gasteiger partial charge in [0.15, 0.2) is 11.6 Å². The minimum atomic E-state index is -0.572. The summed E-state index contributed by atoms with van der Waals surface area (Å²) < 4.78 is 0.550. The first-order valence-corrected chi connectivity index (χ1v) is 8.56. The molecule has 0 saturated carbocycles. The fourth-order valence-corrected chi connectivity index (χ4v) is 3.96. The van der Waals surface area contributed by atoms with E-state index in [4.69, 9.17) is 11.6 Å². The van der Waals surface area contributed by atoms with Gasteiger partial charge in [-0.2, -0.15) is 5.10 Å². The van der Waals surface area contributed by atoms with Gasteiger partial charge in [-0.1, -0.05) is 41.9 Å². The lowest BCUT2D eigenvalue weighted by Gasteiger charge is -2.21. The minimum absolute atomic E-state index is 0.0979. The third-order valence-corrected chi connectivity index (χ3v) is 5.24. The molecule has 0 fully saturated rings. The lowest BCUT2D eigenvalue weighted by molar-refractivity contribution is -0.116. The topological polar surface area (TPSA) is 74.8 Å². The quantitative estimate of drug-likeness (QED) is 0.693. The zero-order valence-electron chi connectivity index (χ0n) is 12.4. The molecular formula is C17H12ClN3O2S. The Bertz CT molecular complexity index is 932. The van der Waals surface area contributed by atoms with Gasteiger partial charge in [-0.25, -0.2) is 0 Å². The summed E-state index contributed by atoms with van der Waals surface area (Å²) in [5, 5.41) is 9.87. The van der Waals surface area contributed by atoms with E-state index in [9.17, 15) is 9.59 Å². The Labute approximate surface area is 146 Å². The second-order valence-electron chi connectivity index (χ2n) is 5.50. The molecule has 4 rings (SSSR count). The summed E-state index contributed by atoms with van der Waals surface area (Å²) in [7, 11) is 0. The van der Waals surface area contributed by atoms with Crippen LogP contribution in [-0.4, -0.2) is 21.9 Å². The van der Waals surface area contributed by atoms with Crippen molar-refractivity contribution >= 4 is 40.4 Å². The highest BCUT2D eigenvalue weighted by Gasteiger charge is 2.36. The average molecular weight is 358 g/mol. The van der Waals surface area contributed by atoms with E-state index in [1.165, 1.54) is 11.3 Å². The van der Waals surface area contributed by atoms with Crippen molar-refractivity contribution in [1.29, 1.82) is 0 Å². The van der Waals surface area contributed by atoms with Gasteiger partial charge in [-0.3, -0.25) is 14.7 Å². The van der Waals surface area contributed by atoms with Crippen molar-refractivity contribution in [3.05, 3.63) is 57.2 Å². The number of nitrogens with one attached hydrogen (secondary N) is 2. The maximum Gasteiger partial charge on any atom is 0.226 e. The number of hydrogen-bond donors (Lipinski definition) is 2. The number of thiophene rings is 1. The lowest BCUT2D eigenvalue weighted by Crippen LogP contribution is -2.27. The minimum Gasteiger partial charge on any atom is -0.309 e. The molecule has 5 nitrogen and oxygen atoms in total. The number of Topliss-reactive ketones (excluding diaryl/α,β-unsaturated/α-hetero) is 1. The zero-order chi connectivity index (χ0) is 16.7. The van der Waals surface area contributed by atoms with Crippen LogP contribution >= 0.6 is 22.9 Å². The summed E-state index contributed by atoms with van der Waals surface area (Å²) in [6.45, 7) is 0. The number of anilines is 1. The van der Waals surface area contributed by atoms with E-state index in [0.29, 0.717) is 15.0 Å². The molecule has 0 radical (unpaired) electrons. The Morgan fingerprint density at radius 3 is 2.71 bits per heavy atom. The van der Waals surface area contributed by atoms with E-state index in [-0.39, 0.29) is 18.1 Å². The van der Waals surface area contributed by atoms with Gasteiger partial charge in [-0.15, -0.1) is 11.3 Å². The summed E-state index contributed by atoms with van der Waals surface area (Å²) in [5.41, 5.74) is 2.41. The summed E-state index contributed by atoms with van der Waals surface area (Å²) in [6, 6.07) is 13.0. The number of H-pyrrole nitrogens is 1. The van der Waals surface area contributed by atoms with Crippen molar-refractivity contribution < 1.29 is 9.59 Å². The van der Waals surface area contributed by atoms with E-state index < -0.39 is 5.92 Å². The number of carbonyl (C=O) groups is 2. The van der Waals surface area contributed by atoms with Crippen LogP contribution < -0.4 is 5.32 Å². The fraction of sp³-hybridized carbons (Fsp3) is 0.118. The number of ketones is 1. The maximum atomic E-state index is 12.9. The van der Waals surface area contributed by atoms with Crippen LogP contribution in [0.25, 0.3) is 11.3 Å². The van der Waals surface area contributed by atoms with E-state index in [2.05, 4.69) is 15.5 Å². The summed E-state index contributed by atoms with van der Waals surface area (Å²) in [6.07, 6.45) is 0.0979. The predicted molar refractivity (Wildman–Crippen MR) is 93.7 cm³/mol. The van der Waals surface area contributed by atoms with Crippen LogP contribution in [0.1, 0.15) is 27.6 Å². The van der Waals surface area contributed by atoms with Crippen LogP contribution in [0.2, 0.25) is 4.34 Å². The number of rotatable bonds is 3. The Morgan fingerprint density at radius 1 is 1.21 bits per heavy atom. The van der Waals surface area contributed by atoms with Crippen LogP contribution in [0.5, 0.6) is 0 Å². The van der Waals surface area contributed by atoms with Gasteiger partial charge in [0, 0.05) is 12.0 Å². The van der Waals surface area contributed by atoms with Gasteiger partial charge < -0.3 is 5.32 Å². The van der Waals surface area contributed by atoms with E-state index in [0.717, 1.165) is 16.8 Å². The monoisotopic (exact) mass is 357 g/mol. The number of nitrogens with zero attached hydrogens (tertiary/aromatic N) is 1. The largest absolute Gasteiger partial charge is 0.309 e. The van der Waals surface area contributed by atoms with Crippen LogP contribution in [0.4, 0.5) is 5.82 Å². The second-order valence-corrected chi connectivity index (χ2v) is 7.21. The first-order valence-electron chi connectivity index (χ1n) is 7.36. The van der Waals surface area contributed by atoms with Crippen LogP contribution in [0, 0.1) is 0 Å². The standard InChI is InChI=1S/C17H12ClN3O2S/c18-12-7-6-11(24-12)16(23)10-8-13(22)19-17-14(10)15(20-21-17)9-4-2-1-3-5-9/h1-7,10H,8H2,(H2,19,20,21,22)/t10-/m1/s1.